The van der Waals surface area contributed by atoms with Crippen molar-refractivity contribution in [3.63, 3.8) is 0 Å². The number of pyridine rings is 1. The number of hydrogen-bond acceptors (Lipinski definition) is 3. The molecule has 0 fully saturated rings. The maximum absolute atomic E-state index is 7.25. The number of aromatic nitrogens is 4. The van der Waals surface area contributed by atoms with Crippen LogP contribution in [0.15, 0.2) is 249 Å². The van der Waals surface area contributed by atoms with Crippen molar-refractivity contribution in [2.45, 2.75) is 0 Å². The molecule has 7 heteroatoms. The van der Waals surface area contributed by atoms with Crippen molar-refractivity contribution in [2.75, 3.05) is 0 Å². The third-order valence-electron chi connectivity index (χ3n) is 14.2. The fourth-order valence-electron chi connectivity index (χ4n) is 11.4. The first-order chi connectivity index (χ1) is 33.7. The number of rotatable bonds is 8. The van der Waals surface area contributed by atoms with Gasteiger partial charge in [0, 0.05) is 35.1 Å². The SMILES string of the molecule is Cn1c(-c2cccc([Si](c3ccccc3)(c3ccccc3)c3cccc(-n4c5ccccc5c5c6c(cnc54)[Si](c4ccccc4)(c4ccccc4)c4ccccc4O6)c3)c2)nc2ccccc21. The highest BCUT2D eigenvalue weighted by atomic mass is 28.3. The van der Waals surface area contributed by atoms with Gasteiger partial charge in [-0.25, -0.2) is 9.97 Å². The second-order valence-electron chi connectivity index (χ2n) is 17.7. The summed E-state index contributed by atoms with van der Waals surface area (Å²) >= 11 is 0. The Kier molecular flexibility index (Phi) is 9.35. The monoisotopic (exact) mass is 904 g/mol. The summed E-state index contributed by atoms with van der Waals surface area (Å²) in [5, 5.41) is 12.2. The van der Waals surface area contributed by atoms with Gasteiger partial charge in [0.2, 0.25) is 0 Å². The van der Waals surface area contributed by atoms with Crippen LogP contribution in [-0.2, 0) is 7.05 Å². The van der Waals surface area contributed by atoms with Crippen LogP contribution in [0.2, 0.25) is 0 Å². The van der Waals surface area contributed by atoms with E-state index in [4.69, 9.17) is 14.7 Å². The van der Waals surface area contributed by atoms with E-state index < -0.39 is 16.1 Å². The third-order valence-corrected chi connectivity index (χ3v) is 23.8. The lowest BCUT2D eigenvalue weighted by atomic mass is 10.2. The van der Waals surface area contributed by atoms with E-state index in [-0.39, 0.29) is 0 Å². The molecule has 68 heavy (non-hydrogen) atoms. The second-order valence-corrected chi connectivity index (χ2v) is 25.3. The van der Waals surface area contributed by atoms with Crippen LogP contribution >= 0.6 is 0 Å². The molecule has 3 aromatic heterocycles. The average Bonchev–Trinajstić information content (AvgIpc) is 3.94. The largest absolute Gasteiger partial charge is 0.457 e. The predicted octanol–water partition coefficient (Wildman–Crippen LogP) is 8.59. The van der Waals surface area contributed by atoms with Gasteiger partial charge in [0.15, 0.2) is 16.1 Å². The van der Waals surface area contributed by atoms with Crippen molar-refractivity contribution in [3.05, 3.63) is 249 Å². The van der Waals surface area contributed by atoms with Gasteiger partial charge in [-0.2, -0.15) is 0 Å². The molecule has 1 aliphatic heterocycles. The molecular weight excluding hydrogens is 861 g/mol. The summed E-state index contributed by atoms with van der Waals surface area (Å²) in [7, 11) is -3.87. The molecule has 0 amide bonds. The maximum Gasteiger partial charge on any atom is 0.190 e. The minimum atomic E-state index is -3.05. The predicted molar refractivity (Wildman–Crippen MR) is 286 cm³/mol. The van der Waals surface area contributed by atoms with Crippen LogP contribution in [0.1, 0.15) is 0 Å². The van der Waals surface area contributed by atoms with E-state index in [0.717, 1.165) is 66.7 Å². The Hall–Kier alpha value is -8.37. The molecule has 0 unspecified atom stereocenters. The normalized spacial score (nSPS) is 13.0. The fraction of sp³-hybridized carbons (Fsp3) is 0.0164. The van der Waals surface area contributed by atoms with Crippen molar-refractivity contribution in [1.82, 2.24) is 19.1 Å². The molecule has 0 saturated carbocycles. The summed E-state index contributed by atoms with van der Waals surface area (Å²) in [5.74, 6) is 2.73. The van der Waals surface area contributed by atoms with Crippen LogP contribution in [0.25, 0.3) is 50.0 Å². The number of nitrogens with zero attached hydrogens (tertiary/aromatic N) is 4. The molecule has 322 valence electrons. The van der Waals surface area contributed by atoms with E-state index in [1.54, 1.807) is 0 Å². The molecule has 0 aliphatic carbocycles. The van der Waals surface area contributed by atoms with E-state index in [1.165, 1.54) is 36.3 Å². The lowest BCUT2D eigenvalue weighted by Crippen LogP contribution is -2.76. The number of aryl methyl sites for hydroxylation is 1. The van der Waals surface area contributed by atoms with Gasteiger partial charge in [0.1, 0.15) is 23.0 Å². The average molecular weight is 905 g/mol. The van der Waals surface area contributed by atoms with Crippen LogP contribution in [0.5, 0.6) is 11.5 Å². The third kappa shape index (κ3) is 5.86. The van der Waals surface area contributed by atoms with Gasteiger partial charge in [0.05, 0.1) is 21.9 Å². The lowest BCUT2D eigenvalue weighted by molar-refractivity contribution is 0.492. The lowest BCUT2D eigenvalue weighted by Gasteiger charge is -2.39. The van der Waals surface area contributed by atoms with E-state index in [2.05, 4.69) is 265 Å². The fourth-order valence-corrected chi connectivity index (χ4v) is 21.1. The molecule has 0 N–H and O–H groups in total. The summed E-state index contributed by atoms with van der Waals surface area (Å²) in [4.78, 5) is 10.8. The summed E-state index contributed by atoms with van der Waals surface area (Å²) in [6.07, 6.45) is 2.14. The van der Waals surface area contributed by atoms with Crippen LogP contribution in [0, 0.1) is 0 Å². The van der Waals surface area contributed by atoms with Crippen LogP contribution < -0.4 is 46.2 Å². The zero-order valence-corrected chi connectivity index (χ0v) is 39.4. The standard InChI is InChI=1S/C61H44N4OSi2/c1-64-54-37-17-15-35-52(54)63-60(64)43-22-20-32-49(40-43)67(45-24-6-2-7-25-45,46-26-8-3-9-27-46)50-33-21-23-44(41-50)65-53-36-16-14-34-51(53)58-59-57(42-62-61(58)65)68(47-28-10-4-11-29-47,48-30-12-5-13-31-48)56-39-19-18-38-55(56)66-59/h2-42H,1H3. The molecule has 0 saturated heterocycles. The Morgan fingerprint density at radius 3 is 1.74 bits per heavy atom. The van der Waals surface area contributed by atoms with Gasteiger partial charge in [-0.05, 0) is 72.7 Å². The quantitative estimate of drug-likeness (QED) is 0.114. The molecule has 0 radical (unpaired) electrons. The van der Waals surface area contributed by atoms with Crippen LogP contribution in [-0.4, -0.2) is 35.2 Å². The Morgan fingerprint density at radius 1 is 0.485 bits per heavy atom. The van der Waals surface area contributed by atoms with E-state index in [0.29, 0.717) is 0 Å². The summed E-state index contributed by atoms with van der Waals surface area (Å²) < 4.78 is 11.8. The van der Waals surface area contributed by atoms with E-state index >= 15 is 0 Å². The Bertz CT molecular complexity index is 3770. The van der Waals surface area contributed by atoms with Crippen molar-refractivity contribution in [1.29, 1.82) is 0 Å². The van der Waals surface area contributed by atoms with Crippen molar-refractivity contribution < 1.29 is 4.74 Å². The number of para-hydroxylation sites is 4. The first-order valence-electron chi connectivity index (χ1n) is 23.2. The van der Waals surface area contributed by atoms with Gasteiger partial charge < -0.3 is 9.30 Å². The second kappa shape index (κ2) is 15.9. The first-order valence-corrected chi connectivity index (χ1v) is 27.2. The molecule has 0 atom stereocenters. The van der Waals surface area contributed by atoms with Crippen LogP contribution in [0.4, 0.5) is 0 Å². The molecular formula is C61H44N4OSi2. The van der Waals surface area contributed by atoms with E-state index in [1.807, 2.05) is 0 Å². The first kappa shape index (κ1) is 40.0. The molecule has 0 bridgehead atoms. The van der Waals surface area contributed by atoms with Gasteiger partial charge in [-0.15, -0.1) is 0 Å². The number of fused-ring (bicyclic) bond motifs is 7. The van der Waals surface area contributed by atoms with Crippen molar-refractivity contribution in [2.24, 2.45) is 7.05 Å². The maximum atomic E-state index is 7.25. The molecule has 13 rings (SSSR count). The van der Waals surface area contributed by atoms with E-state index in [9.17, 15) is 0 Å². The van der Waals surface area contributed by atoms with Gasteiger partial charge in [-0.3, -0.25) is 4.57 Å². The Labute approximate surface area is 396 Å². The van der Waals surface area contributed by atoms with Gasteiger partial charge >= 0.3 is 0 Å². The number of imidazole rings is 1. The molecule has 4 heterocycles. The summed E-state index contributed by atoms with van der Waals surface area (Å²) in [5.41, 5.74) is 6.17. The number of ether oxygens (including phenoxy) is 1. The van der Waals surface area contributed by atoms with Crippen LogP contribution in [0.3, 0.4) is 0 Å². The molecule has 1 aliphatic rings. The Balaban J connectivity index is 1.08. The van der Waals surface area contributed by atoms with Gasteiger partial charge in [-0.1, -0.05) is 206 Å². The number of benzene rings is 9. The van der Waals surface area contributed by atoms with Gasteiger partial charge in [0.25, 0.3) is 0 Å². The minimum absolute atomic E-state index is 0.862. The number of hydrogen-bond donors (Lipinski definition) is 0. The molecule has 5 nitrogen and oxygen atoms in total. The summed E-state index contributed by atoms with van der Waals surface area (Å²) in [6, 6.07) is 88.6. The smallest absolute Gasteiger partial charge is 0.190 e. The molecule has 0 spiro atoms. The highest BCUT2D eigenvalue weighted by Crippen LogP contribution is 2.40. The zero-order chi connectivity index (χ0) is 45.2. The summed E-state index contributed by atoms with van der Waals surface area (Å²) in [6.45, 7) is 0. The molecule has 12 aromatic rings. The zero-order valence-electron chi connectivity index (χ0n) is 37.4. The molecule has 9 aromatic carbocycles. The Morgan fingerprint density at radius 2 is 1.04 bits per heavy atom. The minimum Gasteiger partial charge on any atom is -0.457 e. The van der Waals surface area contributed by atoms with Crippen molar-refractivity contribution in [3.8, 4) is 28.6 Å². The highest BCUT2D eigenvalue weighted by molar-refractivity contribution is 7.21. The highest BCUT2D eigenvalue weighted by Gasteiger charge is 2.49. The van der Waals surface area contributed by atoms with Crippen molar-refractivity contribution >= 4 is 90.6 Å². The topological polar surface area (TPSA) is 44.9 Å².